The van der Waals surface area contributed by atoms with Crippen molar-refractivity contribution in [3.05, 3.63) is 42.6 Å². The number of nitrogens with one attached hydrogen (secondary N) is 3. The van der Waals surface area contributed by atoms with Crippen LogP contribution < -0.4 is 25.4 Å². The Balaban J connectivity index is 1.56. The number of halogens is 2. The molecule has 1 saturated carbocycles. The highest BCUT2D eigenvalue weighted by atomic mass is 19.1. The molecule has 3 heterocycles. The second-order valence-electron chi connectivity index (χ2n) is 9.78. The highest BCUT2D eigenvalue weighted by Crippen LogP contribution is 2.39. The summed E-state index contributed by atoms with van der Waals surface area (Å²) < 4.78 is 46.5. The molecule has 10 nitrogen and oxygen atoms in total. The number of aromatic nitrogens is 3. The Labute approximate surface area is 224 Å². The van der Waals surface area contributed by atoms with E-state index in [0.29, 0.717) is 41.8 Å². The molecule has 0 spiro atoms. The number of fused-ring (bicyclic) bond motifs is 1. The second-order valence-corrected chi connectivity index (χ2v) is 9.78. The quantitative estimate of drug-likeness (QED) is 0.212. The van der Waals surface area contributed by atoms with Gasteiger partial charge in [-0.15, -0.1) is 0 Å². The number of hydrogen-bond donors (Lipinski definition) is 4. The van der Waals surface area contributed by atoms with E-state index in [1.165, 1.54) is 26.4 Å². The molecule has 2 fully saturated rings. The van der Waals surface area contributed by atoms with Gasteiger partial charge in [0.1, 0.15) is 11.7 Å². The standard InChI is InChI=1S/C27H32F2N6O4/c1-5-21(36)32-17-11-39-12-18(17)34-27-30-10-15-8-16(22-23(28)19(37-3)9-20(38-4)24(22)29)33-26(25(15)35-27)31-13(2)14-6-7-14/h5,8-10,13-14,17-18,21,32,36H,1,6-7,11-12H2,2-4H3,(H,31,33)(H,30,34,35)/t13-,17+,18-,21?/m1/s1. The fourth-order valence-corrected chi connectivity index (χ4v) is 4.69. The number of anilines is 2. The predicted octanol–water partition coefficient (Wildman–Crippen LogP) is 3.47. The van der Waals surface area contributed by atoms with E-state index >= 15 is 8.78 Å². The summed E-state index contributed by atoms with van der Waals surface area (Å²) in [6.07, 6.45) is 4.28. The summed E-state index contributed by atoms with van der Waals surface area (Å²) in [5.41, 5.74) is 0.181. The zero-order valence-corrected chi connectivity index (χ0v) is 22.0. The molecule has 2 aromatic heterocycles. The number of ether oxygens (including phenoxy) is 3. The van der Waals surface area contributed by atoms with Gasteiger partial charge in [-0.05, 0) is 37.8 Å². The van der Waals surface area contributed by atoms with Crippen LogP contribution in [-0.2, 0) is 4.74 Å². The molecular formula is C27H32F2N6O4. The van der Waals surface area contributed by atoms with Crippen LogP contribution >= 0.6 is 0 Å². The van der Waals surface area contributed by atoms with Crippen molar-refractivity contribution in [1.29, 1.82) is 0 Å². The second kappa shape index (κ2) is 11.2. The van der Waals surface area contributed by atoms with Crippen LogP contribution in [0.15, 0.2) is 31.0 Å². The molecule has 3 aromatic rings. The molecule has 0 radical (unpaired) electrons. The number of rotatable bonds is 11. The molecule has 0 amide bonds. The average molecular weight is 543 g/mol. The van der Waals surface area contributed by atoms with Crippen molar-refractivity contribution in [3.8, 4) is 22.8 Å². The minimum absolute atomic E-state index is 0.0522. The van der Waals surface area contributed by atoms with Crippen LogP contribution in [-0.4, -0.2) is 71.8 Å². The van der Waals surface area contributed by atoms with E-state index in [2.05, 4.69) is 32.5 Å². The van der Waals surface area contributed by atoms with E-state index in [1.54, 1.807) is 6.20 Å². The van der Waals surface area contributed by atoms with Gasteiger partial charge in [-0.25, -0.2) is 23.7 Å². The largest absolute Gasteiger partial charge is 0.494 e. The van der Waals surface area contributed by atoms with E-state index in [0.717, 1.165) is 18.9 Å². The predicted molar refractivity (Wildman–Crippen MR) is 143 cm³/mol. The maximum atomic E-state index is 15.3. The first-order chi connectivity index (χ1) is 18.8. The molecule has 5 rings (SSSR count). The first-order valence-corrected chi connectivity index (χ1v) is 12.8. The number of nitrogens with zero attached hydrogens (tertiary/aromatic N) is 3. The molecule has 4 N–H and O–H groups in total. The Morgan fingerprint density at radius 2 is 1.79 bits per heavy atom. The van der Waals surface area contributed by atoms with Crippen LogP contribution in [0.4, 0.5) is 20.5 Å². The molecule has 0 bridgehead atoms. The summed E-state index contributed by atoms with van der Waals surface area (Å²) in [6.45, 7) is 6.41. The average Bonchev–Trinajstić information content (AvgIpc) is 3.70. The molecule has 1 aromatic carbocycles. The molecule has 1 saturated heterocycles. The minimum atomic E-state index is -0.885. The first kappa shape index (κ1) is 27.0. The van der Waals surface area contributed by atoms with Gasteiger partial charge >= 0.3 is 0 Å². The summed E-state index contributed by atoms with van der Waals surface area (Å²) in [5.74, 6) is -0.902. The number of pyridine rings is 1. The first-order valence-electron chi connectivity index (χ1n) is 12.8. The highest BCUT2D eigenvalue weighted by molar-refractivity contribution is 5.92. The fraction of sp³-hybridized carbons (Fsp3) is 0.444. The third-order valence-electron chi connectivity index (χ3n) is 7.09. The van der Waals surface area contributed by atoms with Gasteiger partial charge in [-0.3, -0.25) is 5.32 Å². The van der Waals surface area contributed by atoms with Crippen LogP contribution in [0.5, 0.6) is 11.5 Å². The Bertz CT molecular complexity index is 1340. The smallest absolute Gasteiger partial charge is 0.223 e. The van der Waals surface area contributed by atoms with Crippen molar-refractivity contribution in [2.45, 2.75) is 44.1 Å². The van der Waals surface area contributed by atoms with Crippen molar-refractivity contribution in [2.24, 2.45) is 5.92 Å². The maximum absolute atomic E-state index is 15.3. The monoisotopic (exact) mass is 542 g/mol. The Morgan fingerprint density at radius 3 is 2.44 bits per heavy atom. The zero-order chi connectivity index (χ0) is 27.7. The molecule has 1 aliphatic carbocycles. The topological polar surface area (TPSA) is 123 Å². The van der Waals surface area contributed by atoms with E-state index in [1.807, 2.05) is 6.92 Å². The molecule has 1 unspecified atom stereocenters. The SMILES string of the molecule is C=CC(O)N[C@H]1COC[C@H]1Nc1ncc2cc(-c3c(F)c(OC)cc(OC)c3F)nc(N[C@H](C)C3CC3)c2n1. The third kappa shape index (κ3) is 5.58. The van der Waals surface area contributed by atoms with E-state index < -0.39 is 17.9 Å². The Morgan fingerprint density at radius 1 is 1.10 bits per heavy atom. The minimum Gasteiger partial charge on any atom is -0.494 e. The lowest BCUT2D eigenvalue weighted by Gasteiger charge is -2.22. The lowest BCUT2D eigenvalue weighted by atomic mass is 10.1. The van der Waals surface area contributed by atoms with Gasteiger partial charge in [-0.2, -0.15) is 0 Å². The number of aliphatic hydroxyl groups excluding tert-OH is 1. The summed E-state index contributed by atoms with van der Waals surface area (Å²) in [7, 11) is 2.60. The summed E-state index contributed by atoms with van der Waals surface area (Å²) in [4.78, 5) is 13.8. The van der Waals surface area contributed by atoms with Crippen molar-refractivity contribution in [3.63, 3.8) is 0 Å². The van der Waals surface area contributed by atoms with Crippen LogP contribution in [0.2, 0.25) is 0 Å². The number of hydrogen-bond acceptors (Lipinski definition) is 10. The van der Waals surface area contributed by atoms with Crippen LogP contribution in [0.1, 0.15) is 19.8 Å². The van der Waals surface area contributed by atoms with E-state index in [-0.39, 0.29) is 40.9 Å². The van der Waals surface area contributed by atoms with E-state index in [9.17, 15) is 5.11 Å². The maximum Gasteiger partial charge on any atom is 0.223 e. The van der Waals surface area contributed by atoms with E-state index in [4.69, 9.17) is 19.2 Å². The van der Waals surface area contributed by atoms with Crippen molar-refractivity contribution < 1.29 is 28.1 Å². The van der Waals surface area contributed by atoms with Gasteiger partial charge in [0.2, 0.25) is 5.95 Å². The van der Waals surface area contributed by atoms with Gasteiger partial charge in [0.25, 0.3) is 0 Å². The van der Waals surface area contributed by atoms with Crippen LogP contribution in [0, 0.1) is 17.6 Å². The summed E-state index contributed by atoms with van der Waals surface area (Å²) in [6, 6.07) is 2.37. The molecule has 4 atom stereocenters. The van der Waals surface area contributed by atoms with Crippen LogP contribution in [0.3, 0.4) is 0 Å². The van der Waals surface area contributed by atoms with Gasteiger partial charge in [-0.1, -0.05) is 6.58 Å². The number of benzene rings is 1. The molecular weight excluding hydrogens is 510 g/mol. The molecule has 39 heavy (non-hydrogen) atoms. The summed E-state index contributed by atoms with van der Waals surface area (Å²) >= 11 is 0. The van der Waals surface area contributed by atoms with Gasteiger partial charge in [0.15, 0.2) is 29.0 Å². The molecule has 12 heteroatoms. The van der Waals surface area contributed by atoms with Gasteiger partial charge in [0, 0.05) is 23.7 Å². The van der Waals surface area contributed by atoms with Crippen molar-refractivity contribution in [2.75, 3.05) is 38.1 Å². The van der Waals surface area contributed by atoms with Gasteiger partial charge in [0.05, 0.1) is 50.8 Å². The number of aliphatic hydroxyl groups is 1. The molecule has 208 valence electrons. The van der Waals surface area contributed by atoms with Crippen molar-refractivity contribution in [1.82, 2.24) is 20.3 Å². The third-order valence-corrected chi connectivity index (χ3v) is 7.09. The van der Waals surface area contributed by atoms with Crippen molar-refractivity contribution >= 4 is 22.7 Å². The molecule has 1 aliphatic heterocycles. The Hall–Kier alpha value is -3.61. The van der Waals surface area contributed by atoms with Gasteiger partial charge < -0.3 is 30.0 Å². The molecule has 2 aliphatic rings. The lowest BCUT2D eigenvalue weighted by Crippen LogP contribution is -2.47. The normalized spacial score (nSPS) is 20.5. The highest BCUT2D eigenvalue weighted by Gasteiger charge is 2.31. The Kier molecular flexibility index (Phi) is 7.78. The zero-order valence-electron chi connectivity index (χ0n) is 22.0. The number of methoxy groups -OCH3 is 2. The van der Waals surface area contributed by atoms with Crippen LogP contribution in [0.25, 0.3) is 22.2 Å². The lowest BCUT2D eigenvalue weighted by molar-refractivity contribution is 0.149. The fourth-order valence-electron chi connectivity index (χ4n) is 4.69. The summed E-state index contributed by atoms with van der Waals surface area (Å²) in [5, 5.41) is 20.1.